The van der Waals surface area contributed by atoms with Crippen LogP contribution in [0.5, 0.6) is 0 Å². The molecule has 1 aliphatic rings. The highest BCUT2D eigenvalue weighted by Gasteiger charge is 2.44. The molecule has 1 aromatic carbocycles. The molecule has 2 amide bonds. The summed E-state index contributed by atoms with van der Waals surface area (Å²) in [5, 5.41) is 0. The van der Waals surface area contributed by atoms with Gasteiger partial charge in [-0.2, -0.15) is 13.2 Å². The number of benzene rings is 1. The Balaban J connectivity index is 2.77. The van der Waals surface area contributed by atoms with Crippen LogP contribution >= 0.6 is 0 Å². The number of imide groups is 1. The summed E-state index contributed by atoms with van der Waals surface area (Å²) >= 11 is 0. The Morgan fingerprint density at radius 1 is 0.762 bits per heavy atom. The van der Waals surface area contributed by atoms with E-state index in [1.54, 1.807) is 0 Å². The molecule has 10 heteroatoms. The van der Waals surface area contributed by atoms with Crippen molar-refractivity contribution in [3.05, 3.63) is 41.0 Å². The molecule has 0 spiro atoms. The monoisotopic (exact) mass is 313 g/mol. The second kappa shape index (κ2) is 4.57. The molecular weight excluding hydrogens is 311 g/mol. The molecule has 1 aliphatic heterocycles. The second-order valence-electron chi connectivity index (χ2n) is 3.82. The van der Waals surface area contributed by atoms with Crippen molar-refractivity contribution < 1.29 is 40.3 Å². The predicted molar refractivity (Wildman–Crippen MR) is 52.9 cm³/mol. The van der Waals surface area contributed by atoms with Crippen LogP contribution in [0.4, 0.5) is 36.4 Å². The van der Waals surface area contributed by atoms with Gasteiger partial charge in [0.2, 0.25) is 0 Å². The summed E-state index contributed by atoms with van der Waals surface area (Å²) in [6.45, 7) is 0. The van der Waals surface area contributed by atoms with Crippen LogP contribution in [0.2, 0.25) is 0 Å². The van der Waals surface area contributed by atoms with Gasteiger partial charge >= 0.3 is 6.18 Å². The van der Waals surface area contributed by atoms with Crippen molar-refractivity contribution in [1.29, 1.82) is 0 Å². The molecule has 0 atom stereocenters. The van der Waals surface area contributed by atoms with E-state index >= 15 is 0 Å². The Hall–Kier alpha value is -2.39. The van der Waals surface area contributed by atoms with Crippen molar-refractivity contribution in [1.82, 2.24) is 0 Å². The second-order valence-corrected chi connectivity index (χ2v) is 3.82. The summed E-state index contributed by atoms with van der Waals surface area (Å²) in [6, 6.07) is 0. The molecule has 112 valence electrons. The van der Waals surface area contributed by atoms with E-state index in [4.69, 9.17) is 0 Å². The lowest BCUT2D eigenvalue weighted by Crippen LogP contribution is -2.33. The molecule has 0 saturated heterocycles. The Labute approximate surface area is 111 Å². The van der Waals surface area contributed by atoms with Crippen molar-refractivity contribution in [2.75, 3.05) is 4.90 Å². The quantitative estimate of drug-likeness (QED) is 0.454. The van der Waals surface area contributed by atoms with Crippen LogP contribution < -0.4 is 4.90 Å². The third-order valence-corrected chi connectivity index (χ3v) is 2.56. The minimum atomic E-state index is -5.70. The lowest BCUT2D eigenvalue weighted by atomic mass is 10.1. The number of hydrogen-bond donors (Lipinski definition) is 0. The highest BCUT2D eigenvalue weighted by molar-refractivity contribution is 6.28. The van der Waals surface area contributed by atoms with E-state index in [0.29, 0.717) is 12.2 Å². The number of nitrogens with zero attached hydrogens (tertiary/aromatic N) is 1. The summed E-state index contributed by atoms with van der Waals surface area (Å²) in [5.74, 6) is -13.2. The first-order valence-corrected chi connectivity index (χ1v) is 5.06. The maximum Gasteiger partial charge on any atom is 0.422 e. The maximum absolute atomic E-state index is 13.6. The molecular formula is C11H2F7NO2. The number of hydrogen-bond acceptors (Lipinski definition) is 2. The molecule has 0 aliphatic carbocycles. The van der Waals surface area contributed by atoms with Gasteiger partial charge in [0.25, 0.3) is 11.8 Å². The molecule has 1 aromatic rings. The fourth-order valence-corrected chi connectivity index (χ4v) is 1.69. The minimum Gasteiger partial charge on any atom is -0.269 e. The first-order valence-electron chi connectivity index (χ1n) is 5.06. The fourth-order valence-electron chi connectivity index (χ4n) is 1.69. The number of carbonyl (C=O) groups excluding carboxylic acids is 2. The van der Waals surface area contributed by atoms with Crippen molar-refractivity contribution in [2.24, 2.45) is 0 Å². The average molecular weight is 313 g/mol. The highest BCUT2D eigenvalue weighted by Crippen LogP contribution is 2.40. The van der Waals surface area contributed by atoms with Gasteiger partial charge in [0, 0.05) is 12.2 Å². The van der Waals surface area contributed by atoms with E-state index < -0.39 is 52.5 Å². The number of amides is 2. The lowest BCUT2D eigenvalue weighted by molar-refractivity contribution is -0.143. The van der Waals surface area contributed by atoms with Crippen molar-refractivity contribution in [2.45, 2.75) is 6.18 Å². The number of rotatable bonds is 1. The van der Waals surface area contributed by atoms with Crippen molar-refractivity contribution in [3.63, 3.8) is 0 Å². The zero-order valence-corrected chi connectivity index (χ0v) is 9.56. The van der Waals surface area contributed by atoms with Crippen LogP contribution in [0, 0.1) is 23.3 Å². The predicted octanol–water partition coefficient (Wildman–Crippen LogP) is 2.69. The van der Waals surface area contributed by atoms with E-state index in [9.17, 15) is 40.3 Å². The molecule has 0 saturated carbocycles. The van der Waals surface area contributed by atoms with Gasteiger partial charge in [0.15, 0.2) is 23.3 Å². The summed E-state index contributed by atoms with van der Waals surface area (Å²) < 4.78 is 90.9. The molecule has 0 fully saturated rings. The van der Waals surface area contributed by atoms with Gasteiger partial charge < -0.3 is 0 Å². The zero-order valence-electron chi connectivity index (χ0n) is 9.56. The van der Waals surface area contributed by atoms with Crippen LogP contribution in [0.1, 0.15) is 5.56 Å². The molecule has 1 heterocycles. The fraction of sp³-hybridized carbons (Fsp3) is 0.0909. The normalized spacial score (nSPS) is 15.3. The summed E-state index contributed by atoms with van der Waals surface area (Å²) in [7, 11) is 0. The molecule has 0 aromatic heterocycles. The van der Waals surface area contributed by atoms with E-state index in [1.165, 1.54) is 0 Å². The van der Waals surface area contributed by atoms with Crippen LogP contribution in [0.15, 0.2) is 12.2 Å². The topological polar surface area (TPSA) is 37.4 Å². The molecule has 21 heavy (non-hydrogen) atoms. The molecule has 0 N–H and O–H groups in total. The number of alkyl halides is 3. The SMILES string of the molecule is O=C1C=CC(=O)N1c1c(F)c(F)c(C(F)(F)F)c(F)c1F. The third-order valence-electron chi connectivity index (χ3n) is 2.56. The van der Waals surface area contributed by atoms with Gasteiger partial charge in [-0.15, -0.1) is 0 Å². The maximum atomic E-state index is 13.6. The third kappa shape index (κ3) is 2.16. The van der Waals surface area contributed by atoms with Crippen molar-refractivity contribution in [3.8, 4) is 0 Å². The molecule has 0 radical (unpaired) electrons. The number of halogens is 7. The van der Waals surface area contributed by atoms with E-state index in [-0.39, 0.29) is 4.90 Å². The average Bonchev–Trinajstić information content (AvgIpc) is 2.67. The standard InChI is InChI=1S/C11H2F7NO2/c12-6-5(11(16,17)18)7(13)9(15)10(8(6)14)19-3(20)1-2-4(19)21/h1-2H. The van der Waals surface area contributed by atoms with Gasteiger partial charge in [-0.1, -0.05) is 0 Å². The minimum absolute atomic E-state index is 0.309. The molecule has 0 bridgehead atoms. The van der Waals surface area contributed by atoms with Gasteiger partial charge in [-0.05, 0) is 0 Å². The van der Waals surface area contributed by atoms with Gasteiger partial charge in [0.1, 0.15) is 11.3 Å². The number of carbonyl (C=O) groups is 2. The largest absolute Gasteiger partial charge is 0.422 e. The Morgan fingerprint density at radius 2 is 1.14 bits per heavy atom. The number of anilines is 1. The Morgan fingerprint density at radius 3 is 1.48 bits per heavy atom. The van der Waals surface area contributed by atoms with Gasteiger partial charge in [0.05, 0.1) is 0 Å². The van der Waals surface area contributed by atoms with Crippen LogP contribution in [-0.4, -0.2) is 11.8 Å². The first-order chi connectivity index (χ1) is 9.57. The van der Waals surface area contributed by atoms with Gasteiger partial charge in [-0.25, -0.2) is 22.5 Å². The Bertz CT molecular complexity index is 646. The van der Waals surface area contributed by atoms with E-state index in [0.717, 1.165) is 0 Å². The molecule has 3 nitrogen and oxygen atoms in total. The summed E-state index contributed by atoms with van der Waals surface area (Å²) in [6.07, 6.45) is -4.63. The zero-order chi connectivity index (χ0) is 16.1. The lowest BCUT2D eigenvalue weighted by Gasteiger charge is -2.19. The first kappa shape index (κ1) is 15.0. The molecule has 2 rings (SSSR count). The van der Waals surface area contributed by atoms with E-state index in [2.05, 4.69) is 0 Å². The van der Waals surface area contributed by atoms with Gasteiger partial charge in [-0.3, -0.25) is 9.59 Å². The van der Waals surface area contributed by atoms with Crippen molar-refractivity contribution >= 4 is 17.5 Å². The summed E-state index contributed by atoms with van der Waals surface area (Å²) in [5.41, 5.74) is -4.62. The van der Waals surface area contributed by atoms with E-state index in [1.807, 2.05) is 0 Å². The molecule has 0 unspecified atom stereocenters. The highest BCUT2D eigenvalue weighted by atomic mass is 19.4. The summed E-state index contributed by atoms with van der Waals surface area (Å²) in [4.78, 5) is 22.1. The van der Waals surface area contributed by atoms with Crippen LogP contribution in [0.25, 0.3) is 0 Å². The Kier molecular flexibility index (Phi) is 3.27. The smallest absolute Gasteiger partial charge is 0.269 e. The van der Waals surface area contributed by atoms with Crippen LogP contribution in [0.3, 0.4) is 0 Å². The van der Waals surface area contributed by atoms with Crippen LogP contribution in [-0.2, 0) is 15.8 Å².